The highest BCUT2D eigenvalue weighted by Crippen LogP contribution is 2.18. The predicted octanol–water partition coefficient (Wildman–Crippen LogP) is 2.71. The summed E-state index contributed by atoms with van der Waals surface area (Å²) in [4.78, 5) is 17.2. The van der Waals surface area contributed by atoms with E-state index in [-0.39, 0.29) is 5.56 Å². The summed E-state index contributed by atoms with van der Waals surface area (Å²) in [5, 5.41) is 12.7. The number of hydrogen-bond acceptors (Lipinski definition) is 5. The lowest BCUT2D eigenvalue weighted by Crippen LogP contribution is -2.21. The van der Waals surface area contributed by atoms with Crippen molar-refractivity contribution in [3.05, 3.63) is 64.2 Å². The summed E-state index contributed by atoms with van der Waals surface area (Å²) in [6.45, 7) is 1.84. The highest BCUT2D eigenvalue weighted by molar-refractivity contribution is 5.81. The third-order valence-corrected chi connectivity index (χ3v) is 4.50. The van der Waals surface area contributed by atoms with E-state index in [9.17, 15) is 4.79 Å². The van der Waals surface area contributed by atoms with Crippen LogP contribution in [-0.2, 0) is 13.0 Å². The van der Waals surface area contributed by atoms with Crippen LogP contribution in [0.1, 0.15) is 17.8 Å². The summed E-state index contributed by atoms with van der Waals surface area (Å²) < 4.78 is 7.43. The summed E-state index contributed by atoms with van der Waals surface area (Å²) in [6.07, 6.45) is 1.86. The maximum Gasteiger partial charge on any atom is 0.261 e. The average molecular weight is 346 g/mol. The zero-order valence-corrected chi connectivity index (χ0v) is 14.2. The monoisotopic (exact) mass is 346 g/mol. The van der Waals surface area contributed by atoms with E-state index in [1.165, 1.54) is 0 Å². The van der Waals surface area contributed by atoms with Crippen LogP contribution >= 0.6 is 0 Å². The molecular weight excluding hydrogens is 328 g/mol. The fourth-order valence-electron chi connectivity index (χ4n) is 3.18. The summed E-state index contributed by atoms with van der Waals surface area (Å²) in [7, 11) is 0. The van der Waals surface area contributed by atoms with Gasteiger partial charge in [-0.1, -0.05) is 0 Å². The number of nitrogens with zero attached hydrogens (tertiary/aromatic N) is 3. The van der Waals surface area contributed by atoms with Gasteiger partial charge in [0, 0.05) is 25.2 Å². The molecule has 0 radical (unpaired) electrons. The molecule has 0 saturated carbocycles. The normalized spacial score (nSPS) is 12.6. The zero-order chi connectivity index (χ0) is 17.9. The van der Waals surface area contributed by atoms with Crippen molar-refractivity contribution in [2.24, 2.45) is 0 Å². The molecule has 2 heterocycles. The van der Waals surface area contributed by atoms with Crippen molar-refractivity contribution in [2.75, 3.05) is 18.5 Å². The average Bonchev–Trinajstić information content (AvgIpc) is 3.15. The van der Waals surface area contributed by atoms with Gasteiger partial charge in [0.15, 0.2) is 0 Å². The fraction of sp³-hybridized carbons (Fsp3) is 0.250. The van der Waals surface area contributed by atoms with Crippen molar-refractivity contribution in [3.8, 4) is 11.8 Å². The van der Waals surface area contributed by atoms with Crippen molar-refractivity contribution >= 4 is 16.6 Å². The van der Waals surface area contributed by atoms with Crippen LogP contribution in [0.15, 0.2) is 47.3 Å². The molecule has 1 aliphatic heterocycles. The lowest BCUT2D eigenvalue weighted by Gasteiger charge is -2.10. The molecule has 26 heavy (non-hydrogen) atoms. The minimum atomic E-state index is 0.0417. The van der Waals surface area contributed by atoms with Crippen LogP contribution in [0, 0.1) is 11.3 Å². The molecule has 3 aromatic rings. The second-order valence-electron chi connectivity index (χ2n) is 6.23. The highest BCUT2D eigenvalue weighted by Gasteiger charge is 2.15. The maximum atomic E-state index is 12.6. The minimum absolute atomic E-state index is 0.0417. The van der Waals surface area contributed by atoms with Gasteiger partial charge >= 0.3 is 0 Å². The number of nitriles is 1. The van der Waals surface area contributed by atoms with Gasteiger partial charge in [-0.05, 0) is 48.9 Å². The second-order valence-corrected chi connectivity index (χ2v) is 6.23. The van der Waals surface area contributed by atoms with E-state index in [4.69, 9.17) is 10.00 Å². The van der Waals surface area contributed by atoms with Crippen LogP contribution in [-0.4, -0.2) is 22.7 Å². The van der Waals surface area contributed by atoms with E-state index in [1.807, 2.05) is 18.2 Å². The van der Waals surface area contributed by atoms with Gasteiger partial charge in [0.2, 0.25) is 0 Å². The van der Waals surface area contributed by atoms with Crippen molar-refractivity contribution in [1.29, 1.82) is 5.26 Å². The molecule has 130 valence electrons. The van der Waals surface area contributed by atoms with Gasteiger partial charge in [0.1, 0.15) is 18.2 Å². The Kier molecular flexibility index (Phi) is 4.28. The Balaban J connectivity index is 1.41. The predicted molar refractivity (Wildman–Crippen MR) is 99.5 cm³/mol. The van der Waals surface area contributed by atoms with Crippen LogP contribution in [0.4, 0.5) is 5.69 Å². The Bertz CT molecular complexity index is 1050. The highest BCUT2D eigenvalue weighted by atomic mass is 16.5. The van der Waals surface area contributed by atoms with Crippen LogP contribution in [0.2, 0.25) is 0 Å². The molecule has 0 saturated heterocycles. The standard InChI is InChI=1S/C20H18N4O2/c21-13-14-3-6-16(7-4-14)26-11-9-22-15-5-8-18-17(12-15)20(25)24-10-1-2-19(24)23-18/h3-8,12,22H,1-2,9-11H2. The Hall–Kier alpha value is -3.33. The number of hydrogen-bond donors (Lipinski definition) is 1. The molecule has 1 aliphatic rings. The minimum Gasteiger partial charge on any atom is -0.492 e. The van der Waals surface area contributed by atoms with Gasteiger partial charge in [-0.2, -0.15) is 5.26 Å². The first-order chi connectivity index (χ1) is 12.7. The third kappa shape index (κ3) is 3.11. The molecule has 4 rings (SSSR count). The molecule has 1 N–H and O–H groups in total. The van der Waals surface area contributed by atoms with Gasteiger partial charge in [-0.25, -0.2) is 4.98 Å². The topological polar surface area (TPSA) is 79.9 Å². The molecule has 0 bridgehead atoms. The Morgan fingerprint density at radius 1 is 1.23 bits per heavy atom. The number of fused-ring (bicyclic) bond motifs is 2. The number of anilines is 1. The number of nitrogens with one attached hydrogen (secondary N) is 1. The molecular formula is C20H18N4O2. The summed E-state index contributed by atoms with van der Waals surface area (Å²) in [5.74, 6) is 1.61. The van der Waals surface area contributed by atoms with Gasteiger partial charge in [-0.3, -0.25) is 9.36 Å². The maximum absolute atomic E-state index is 12.6. The van der Waals surface area contributed by atoms with Gasteiger partial charge < -0.3 is 10.1 Å². The van der Waals surface area contributed by atoms with Gasteiger partial charge in [0.25, 0.3) is 5.56 Å². The zero-order valence-electron chi connectivity index (χ0n) is 14.2. The second kappa shape index (κ2) is 6.89. The summed E-state index contributed by atoms with van der Waals surface area (Å²) in [5.41, 5.74) is 2.28. The Morgan fingerprint density at radius 3 is 2.88 bits per heavy atom. The van der Waals surface area contributed by atoms with Crippen LogP contribution in [0.3, 0.4) is 0 Å². The quantitative estimate of drug-likeness (QED) is 0.719. The van der Waals surface area contributed by atoms with Crippen LogP contribution in [0.25, 0.3) is 10.9 Å². The fourth-order valence-corrected chi connectivity index (χ4v) is 3.18. The molecule has 2 aromatic carbocycles. The van der Waals surface area contributed by atoms with Crippen LogP contribution in [0.5, 0.6) is 5.75 Å². The first kappa shape index (κ1) is 16.2. The summed E-state index contributed by atoms with van der Waals surface area (Å²) in [6, 6.07) is 14.8. The molecule has 0 amide bonds. The Morgan fingerprint density at radius 2 is 2.08 bits per heavy atom. The van der Waals surface area contributed by atoms with E-state index in [0.29, 0.717) is 24.1 Å². The number of ether oxygens (including phenoxy) is 1. The molecule has 0 spiro atoms. The lowest BCUT2D eigenvalue weighted by molar-refractivity contribution is 0.333. The smallest absolute Gasteiger partial charge is 0.261 e. The molecule has 6 nitrogen and oxygen atoms in total. The first-order valence-corrected chi connectivity index (χ1v) is 8.65. The number of benzene rings is 2. The SMILES string of the molecule is N#Cc1ccc(OCCNc2ccc3nc4n(c(=O)c3c2)CCC4)cc1. The van der Waals surface area contributed by atoms with E-state index in [2.05, 4.69) is 16.4 Å². The molecule has 0 fully saturated rings. The van der Waals surface area contributed by atoms with Crippen molar-refractivity contribution in [1.82, 2.24) is 9.55 Å². The molecule has 1 aromatic heterocycles. The lowest BCUT2D eigenvalue weighted by atomic mass is 10.2. The van der Waals surface area contributed by atoms with Crippen molar-refractivity contribution in [2.45, 2.75) is 19.4 Å². The molecule has 0 unspecified atom stereocenters. The number of aryl methyl sites for hydroxylation is 1. The number of rotatable bonds is 5. The van der Waals surface area contributed by atoms with Gasteiger partial charge in [-0.15, -0.1) is 0 Å². The summed E-state index contributed by atoms with van der Waals surface area (Å²) >= 11 is 0. The first-order valence-electron chi connectivity index (χ1n) is 8.65. The molecule has 0 atom stereocenters. The molecule has 6 heteroatoms. The van der Waals surface area contributed by atoms with E-state index < -0.39 is 0 Å². The molecule has 0 aliphatic carbocycles. The van der Waals surface area contributed by atoms with Crippen LogP contribution < -0.4 is 15.6 Å². The Labute approximate surface area is 150 Å². The van der Waals surface area contributed by atoms with E-state index in [0.717, 1.165) is 42.2 Å². The van der Waals surface area contributed by atoms with E-state index >= 15 is 0 Å². The third-order valence-electron chi connectivity index (χ3n) is 4.50. The van der Waals surface area contributed by atoms with Gasteiger partial charge in [0.05, 0.1) is 22.5 Å². The van der Waals surface area contributed by atoms with Crippen molar-refractivity contribution < 1.29 is 4.74 Å². The van der Waals surface area contributed by atoms with Crippen molar-refractivity contribution in [3.63, 3.8) is 0 Å². The number of aromatic nitrogens is 2. The largest absolute Gasteiger partial charge is 0.492 e. The van der Waals surface area contributed by atoms with E-state index in [1.54, 1.807) is 28.8 Å².